The molecule has 94 valence electrons. The summed E-state index contributed by atoms with van der Waals surface area (Å²) < 4.78 is 6.54. The minimum atomic E-state index is -0.875. The van der Waals surface area contributed by atoms with E-state index >= 15 is 0 Å². The molecule has 2 aromatic rings. The number of anilines is 1. The maximum atomic E-state index is 10.9. The smallest absolute Gasteiger partial charge is 0.345 e. The van der Waals surface area contributed by atoms with Gasteiger partial charge in [-0.15, -0.1) is 11.3 Å². The summed E-state index contributed by atoms with van der Waals surface area (Å²) in [6.45, 7) is 1.70. The number of morpholine rings is 1. The number of aromatic nitrogens is 1. The number of carboxylic acids is 1. The van der Waals surface area contributed by atoms with E-state index in [4.69, 9.17) is 9.84 Å². The molecule has 2 bridgehead atoms. The number of nitrogens with zero attached hydrogens (tertiary/aromatic N) is 2. The van der Waals surface area contributed by atoms with Crippen molar-refractivity contribution in [2.45, 2.75) is 18.6 Å². The lowest BCUT2D eigenvalue weighted by atomic mass is 10.2. The number of ether oxygens (including phenoxy) is 1. The number of thiophene rings is 1. The average molecular weight is 282 g/mol. The zero-order valence-electron chi connectivity index (χ0n) is 9.33. The number of hydrogen-bond donors (Lipinski definition) is 1. The van der Waals surface area contributed by atoms with Crippen molar-refractivity contribution in [3.8, 4) is 0 Å². The Morgan fingerprint density at radius 3 is 3.06 bits per heavy atom. The predicted molar refractivity (Wildman–Crippen MR) is 69.9 cm³/mol. The topological polar surface area (TPSA) is 62.7 Å². The summed E-state index contributed by atoms with van der Waals surface area (Å²) in [6.07, 6.45) is 1.44. The third-order valence-electron chi connectivity index (χ3n) is 3.43. The highest BCUT2D eigenvalue weighted by molar-refractivity contribution is 7.29. The molecule has 0 aliphatic carbocycles. The van der Waals surface area contributed by atoms with E-state index in [2.05, 4.69) is 9.88 Å². The summed E-state index contributed by atoms with van der Waals surface area (Å²) in [7, 11) is 0. The minimum absolute atomic E-state index is 0.353. The number of aromatic carboxylic acids is 1. The van der Waals surface area contributed by atoms with Crippen LogP contribution in [0.4, 0.5) is 5.13 Å². The first-order valence-electron chi connectivity index (χ1n) is 5.72. The van der Waals surface area contributed by atoms with E-state index in [0.29, 0.717) is 17.0 Å². The summed E-state index contributed by atoms with van der Waals surface area (Å²) in [6, 6.07) is 2.17. The third kappa shape index (κ3) is 1.47. The lowest BCUT2D eigenvalue weighted by molar-refractivity contribution is 0.0702. The summed E-state index contributed by atoms with van der Waals surface area (Å²) in [4.78, 5) is 18.9. The van der Waals surface area contributed by atoms with Crippen molar-refractivity contribution < 1.29 is 14.6 Å². The second-order valence-corrected chi connectivity index (χ2v) is 6.62. The fourth-order valence-electron chi connectivity index (χ4n) is 2.59. The molecule has 0 spiro atoms. The van der Waals surface area contributed by atoms with Gasteiger partial charge in [-0.25, -0.2) is 9.78 Å². The minimum Gasteiger partial charge on any atom is -0.477 e. The Labute approximate surface area is 111 Å². The Hall–Kier alpha value is -1.18. The van der Waals surface area contributed by atoms with E-state index in [1.165, 1.54) is 11.3 Å². The molecule has 5 nitrogen and oxygen atoms in total. The maximum absolute atomic E-state index is 10.9. The summed E-state index contributed by atoms with van der Waals surface area (Å²) in [5, 5.41) is 9.93. The molecule has 2 fully saturated rings. The molecular weight excluding hydrogens is 272 g/mol. The van der Waals surface area contributed by atoms with Gasteiger partial charge in [0.15, 0.2) is 5.13 Å². The predicted octanol–water partition coefficient (Wildman–Crippen LogP) is 2.03. The van der Waals surface area contributed by atoms with Crippen LogP contribution >= 0.6 is 22.7 Å². The maximum Gasteiger partial charge on any atom is 0.345 e. The Bertz CT molecular complexity index is 604. The van der Waals surface area contributed by atoms with Crippen LogP contribution in [0.5, 0.6) is 0 Å². The monoisotopic (exact) mass is 282 g/mol. The van der Waals surface area contributed by atoms with Crippen molar-refractivity contribution in [1.29, 1.82) is 0 Å². The second-order valence-electron chi connectivity index (χ2n) is 4.58. The van der Waals surface area contributed by atoms with Gasteiger partial charge in [0.1, 0.15) is 9.71 Å². The largest absolute Gasteiger partial charge is 0.477 e. The van der Waals surface area contributed by atoms with Crippen molar-refractivity contribution in [2.24, 2.45) is 0 Å². The van der Waals surface area contributed by atoms with Gasteiger partial charge in [0.2, 0.25) is 0 Å². The van der Waals surface area contributed by atoms with Crippen molar-refractivity contribution in [1.82, 2.24) is 4.98 Å². The van der Waals surface area contributed by atoms with Gasteiger partial charge < -0.3 is 14.7 Å². The van der Waals surface area contributed by atoms with Crippen LogP contribution in [0, 0.1) is 0 Å². The molecule has 2 saturated heterocycles. The van der Waals surface area contributed by atoms with Gasteiger partial charge >= 0.3 is 5.97 Å². The molecule has 0 unspecified atom stereocenters. The standard InChI is InChI=1S/C11H10N2O3S2/c14-10(15)8-2-7-9(17-8)12-11(18-7)13-3-6-1-5(13)4-16-6/h2,5-6H,1,3-4H2,(H,14,15)/t5-,6-/m0/s1. The van der Waals surface area contributed by atoms with Crippen LogP contribution in [0.15, 0.2) is 6.07 Å². The first-order valence-corrected chi connectivity index (χ1v) is 7.36. The van der Waals surface area contributed by atoms with Gasteiger partial charge in [-0.1, -0.05) is 11.3 Å². The highest BCUT2D eigenvalue weighted by atomic mass is 32.1. The molecule has 0 radical (unpaired) electrons. The van der Waals surface area contributed by atoms with Gasteiger partial charge in [-0.2, -0.15) is 0 Å². The fourth-order valence-corrected chi connectivity index (χ4v) is 4.72. The van der Waals surface area contributed by atoms with Crippen LogP contribution in [-0.4, -0.2) is 41.4 Å². The zero-order chi connectivity index (χ0) is 12.3. The molecule has 1 N–H and O–H groups in total. The van der Waals surface area contributed by atoms with Crippen LogP contribution in [0.2, 0.25) is 0 Å². The van der Waals surface area contributed by atoms with Crippen molar-refractivity contribution in [2.75, 3.05) is 18.1 Å². The van der Waals surface area contributed by atoms with Crippen LogP contribution in [-0.2, 0) is 4.74 Å². The molecular formula is C11H10N2O3S2. The number of rotatable bonds is 2. The summed E-state index contributed by atoms with van der Waals surface area (Å²) >= 11 is 2.83. The van der Waals surface area contributed by atoms with Crippen LogP contribution in [0.3, 0.4) is 0 Å². The average Bonchev–Trinajstić information content (AvgIpc) is 3.06. The van der Waals surface area contributed by atoms with E-state index in [1.807, 2.05) is 0 Å². The van der Waals surface area contributed by atoms with Gasteiger partial charge in [0.05, 0.1) is 23.5 Å². The number of carboxylic acid groups (broad SMARTS) is 1. The first kappa shape index (κ1) is 10.7. The van der Waals surface area contributed by atoms with E-state index < -0.39 is 5.97 Å². The van der Waals surface area contributed by atoms with Gasteiger partial charge in [-0.05, 0) is 12.5 Å². The number of hydrogen-bond acceptors (Lipinski definition) is 6. The molecule has 0 saturated carbocycles. The van der Waals surface area contributed by atoms with E-state index in [-0.39, 0.29) is 0 Å². The van der Waals surface area contributed by atoms with Crippen molar-refractivity contribution >= 4 is 43.3 Å². The highest BCUT2D eigenvalue weighted by Crippen LogP contribution is 2.39. The quantitative estimate of drug-likeness (QED) is 0.913. The number of carbonyl (C=O) groups is 1. The molecule has 7 heteroatoms. The van der Waals surface area contributed by atoms with Crippen LogP contribution in [0.25, 0.3) is 9.53 Å². The van der Waals surface area contributed by atoms with Gasteiger partial charge in [0.25, 0.3) is 0 Å². The Kier molecular flexibility index (Phi) is 2.18. The number of fused-ring (bicyclic) bond motifs is 3. The Morgan fingerprint density at radius 2 is 2.44 bits per heavy atom. The zero-order valence-corrected chi connectivity index (χ0v) is 11.0. The molecule has 0 amide bonds. The van der Waals surface area contributed by atoms with E-state index in [1.54, 1.807) is 17.4 Å². The second kappa shape index (κ2) is 3.66. The molecule has 2 atom stereocenters. The lowest BCUT2D eigenvalue weighted by Crippen LogP contribution is -2.36. The molecule has 4 rings (SSSR count). The SMILES string of the molecule is O=C(O)c1cc2sc(N3C[C@@H]4C[C@H]3CO4)nc2s1. The van der Waals surface area contributed by atoms with Gasteiger partial charge in [-0.3, -0.25) is 0 Å². The molecule has 2 aromatic heterocycles. The molecule has 18 heavy (non-hydrogen) atoms. The summed E-state index contributed by atoms with van der Waals surface area (Å²) in [5.74, 6) is -0.875. The summed E-state index contributed by atoms with van der Waals surface area (Å²) in [5.41, 5.74) is 0. The molecule has 2 aliphatic heterocycles. The Morgan fingerprint density at radius 1 is 1.56 bits per heavy atom. The number of thiazole rings is 1. The van der Waals surface area contributed by atoms with E-state index in [9.17, 15) is 4.79 Å². The molecule has 4 heterocycles. The normalized spacial score (nSPS) is 26.3. The molecule has 0 aromatic carbocycles. The van der Waals surface area contributed by atoms with Crippen molar-refractivity contribution in [3.05, 3.63) is 10.9 Å². The fraction of sp³-hybridized carbons (Fsp3) is 0.455. The van der Waals surface area contributed by atoms with Crippen molar-refractivity contribution in [3.63, 3.8) is 0 Å². The lowest BCUT2D eigenvalue weighted by Gasteiger charge is -2.25. The van der Waals surface area contributed by atoms with Crippen LogP contribution in [0.1, 0.15) is 16.1 Å². The molecule has 2 aliphatic rings. The third-order valence-corrected chi connectivity index (χ3v) is 5.62. The van der Waals surface area contributed by atoms with Gasteiger partial charge in [0, 0.05) is 6.54 Å². The Balaban J connectivity index is 1.70. The van der Waals surface area contributed by atoms with Crippen LogP contribution < -0.4 is 4.90 Å². The first-order chi connectivity index (χ1) is 8.70. The van der Waals surface area contributed by atoms with E-state index in [0.717, 1.165) is 34.2 Å². The highest BCUT2D eigenvalue weighted by Gasteiger charge is 2.40.